The third-order valence-corrected chi connectivity index (χ3v) is 6.45. The zero-order valence-electron chi connectivity index (χ0n) is 21.6. The molecule has 1 saturated heterocycles. The second-order valence-corrected chi connectivity index (χ2v) is 9.09. The lowest BCUT2D eigenvalue weighted by Gasteiger charge is -2.29. The number of quaternary nitrogens is 1. The molecule has 3 rings (SSSR count). The number of carbonyl (C=O) groups is 2. The van der Waals surface area contributed by atoms with Crippen LogP contribution in [0.15, 0.2) is 48.0 Å². The maximum Gasteiger partial charge on any atom is 0.295 e. The average molecular weight is 499 g/mol. The van der Waals surface area contributed by atoms with Crippen molar-refractivity contribution in [1.29, 1.82) is 0 Å². The standard InChI is InChI=1S/C28H35FN2O5/c1-6-30(7-2)15-10-16-31-25(20-11-8-9-12-22(20)35-5)24(27(33)28(31)34)26(32)19-13-14-23(21(29)17-19)36-18(3)4/h8-9,11-14,17-18,25,32H,6-7,10,15-16H2,1-5H3. The molecule has 1 aliphatic rings. The zero-order valence-corrected chi connectivity index (χ0v) is 21.6. The van der Waals surface area contributed by atoms with Gasteiger partial charge in [0.05, 0.1) is 38.9 Å². The minimum Gasteiger partial charge on any atom is -0.872 e. The van der Waals surface area contributed by atoms with Crippen LogP contribution in [0.3, 0.4) is 0 Å². The molecule has 194 valence electrons. The number of Topliss-reactive ketones (excluding diaryl/α,β-unsaturated/α-hetero) is 1. The van der Waals surface area contributed by atoms with Crippen LogP contribution in [0, 0.1) is 5.82 Å². The molecule has 1 atom stereocenters. The fraction of sp³-hybridized carbons (Fsp3) is 0.429. The SMILES string of the molecule is CC[NH+](CC)CCCN1C(=O)C(=O)C(=C([O-])c2ccc(OC(C)C)c(F)c2)C1c1ccccc1OC. The molecule has 2 aromatic carbocycles. The first-order chi connectivity index (χ1) is 17.2. The first-order valence-electron chi connectivity index (χ1n) is 12.4. The van der Waals surface area contributed by atoms with Crippen LogP contribution < -0.4 is 19.5 Å². The van der Waals surface area contributed by atoms with E-state index in [1.54, 1.807) is 38.1 Å². The quantitative estimate of drug-likeness (QED) is 0.292. The lowest BCUT2D eigenvalue weighted by Crippen LogP contribution is -3.11. The summed E-state index contributed by atoms with van der Waals surface area (Å²) in [4.78, 5) is 29.2. The van der Waals surface area contributed by atoms with Crippen molar-refractivity contribution in [2.45, 2.75) is 46.3 Å². The van der Waals surface area contributed by atoms with Gasteiger partial charge in [-0.3, -0.25) is 9.59 Å². The van der Waals surface area contributed by atoms with E-state index < -0.39 is 29.3 Å². The van der Waals surface area contributed by atoms with Gasteiger partial charge in [0.25, 0.3) is 5.91 Å². The summed E-state index contributed by atoms with van der Waals surface area (Å²) in [5, 5.41) is 13.6. The number of halogens is 1. The van der Waals surface area contributed by atoms with Gasteiger partial charge in [0.1, 0.15) is 5.75 Å². The molecule has 1 amide bonds. The molecule has 1 heterocycles. The summed E-state index contributed by atoms with van der Waals surface area (Å²) in [6, 6.07) is 9.92. The fourth-order valence-electron chi connectivity index (χ4n) is 4.57. The van der Waals surface area contributed by atoms with E-state index in [1.807, 2.05) is 0 Å². The molecular formula is C28H35FN2O5. The minimum atomic E-state index is -0.921. The fourth-order valence-corrected chi connectivity index (χ4v) is 4.57. The van der Waals surface area contributed by atoms with Crippen LogP contribution in [0.5, 0.6) is 11.5 Å². The van der Waals surface area contributed by atoms with Gasteiger partial charge in [-0.25, -0.2) is 4.39 Å². The molecular weight excluding hydrogens is 463 g/mol. The first-order valence-corrected chi connectivity index (χ1v) is 12.4. The number of carbonyl (C=O) groups excluding carboxylic acids is 2. The van der Waals surface area contributed by atoms with Crippen LogP contribution >= 0.6 is 0 Å². The summed E-state index contributed by atoms with van der Waals surface area (Å²) in [6.45, 7) is 10.8. The van der Waals surface area contributed by atoms with Crippen molar-refractivity contribution in [2.75, 3.05) is 33.3 Å². The van der Waals surface area contributed by atoms with Crippen molar-refractivity contribution < 1.29 is 33.5 Å². The maximum absolute atomic E-state index is 14.7. The van der Waals surface area contributed by atoms with E-state index in [-0.39, 0.29) is 23.0 Å². The second-order valence-electron chi connectivity index (χ2n) is 9.09. The Morgan fingerprint density at radius 1 is 1.11 bits per heavy atom. The Balaban J connectivity index is 2.08. The van der Waals surface area contributed by atoms with E-state index >= 15 is 0 Å². The van der Waals surface area contributed by atoms with Crippen molar-refractivity contribution in [3.05, 3.63) is 65.0 Å². The number of hydrogen-bond donors (Lipinski definition) is 1. The molecule has 0 radical (unpaired) electrons. The zero-order chi connectivity index (χ0) is 26.4. The number of nitrogens with zero attached hydrogens (tertiary/aromatic N) is 1. The van der Waals surface area contributed by atoms with Gasteiger partial charge in [-0.05, 0) is 51.5 Å². The molecule has 1 N–H and O–H groups in total. The third kappa shape index (κ3) is 5.70. The maximum atomic E-state index is 14.7. The topological polar surface area (TPSA) is 83.3 Å². The molecule has 8 heteroatoms. The molecule has 1 unspecified atom stereocenters. The van der Waals surface area contributed by atoms with Gasteiger partial charge in [0, 0.05) is 24.1 Å². The Morgan fingerprint density at radius 3 is 2.42 bits per heavy atom. The number of ketones is 1. The van der Waals surface area contributed by atoms with Gasteiger partial charge >= 0.3 is 0 Å². The molecule has 36 heavy (non-hydrogen) atoms. The number of para-hydroxylation sites is 1. The highest BCUT2D eigenvalue weighted by Crippen LogP contribution is 2.42. The van der Waals surface area contributed by atoms with Gasteiger partial charge in [-0.15, -0.1) is 0 Å². The Hall–Kier alpha value is -3.39. The highest BCUT2D eigenvalue weighted by atomic mass is 19.1. The van der Waals surface area contributed by atoms with Crippen molar-refractivity contribution in [1.82, 2.24) is 4.90 Å². The van der Waals surface area contributed by atoms with Crippen LogP contribution in [0.4, 0.5) is 4.39 Å². The normalized spacial score (nSPS) is 17.3. The van der Waals surface area contributed by atoms with Crippen LogP contribution in [0.2, 0.25) is 0 Å². The predicted molar refractivity (Wildman–Crippen MR) is 133 cm³/mol. The summed E-state index contributed by atoms with van der Waals surface area (Å²) >= 11 is 0. The Labute approximate surface area is 212 Å². The number of likely N-dealkylation sites (tertiary alicyclic amines) is 1. The smallest absolute Gasteiger partial charge is 0.295 e. The van der Waals surface area contributed by atoms with Gasteiger partial charge in [-0.2, -0.15) is 0 Å². The van der Waals surface area contributed by atoms with E-state index in [9.17, 15) is 19.1 Å². The van der Waals surface area contributed by atoms with E-state index in [0.29, 0.717) is 24.3 Å². The molecule has 1 aliphatic heterocycles. The van der Waals surface area contributed by atoms with Gasteiger partial charge in [-0.1, -0.05) is 30.0 Å². The summed E-state index contributed by atoms with van der Waals surface area (Å²) < 4.78 is 25.6. The Bertz CT molecular complexity index is 1130. The molecule has 0 spiro atoms. The van der Waals surface area contributed by atoms with E-state index in [4.69, 9.17) is 9.47 Å². The minimum absolute atomic E-state index is 0.0159. The molecule has 7 nitrogen and oxygen atoms in total. The number of amides is 1. The lowest BCUT2D eigenvalue weighted by atomic mass is 9.94. The number of benzene rings is 2. The van der Waals surface area contributed by atoms with Crippen LogP contribution in [-0.2, 0) is 9.59 Å². The monoisotopic (exact) mass is 498 g/mol. The Kier molecular flexibility index (Phi) is 9.09. The number of nitrogens with one attached hydrogen (secondary N) is 1. The van der Waals surface area contributed by atoms with Gasteiger partial charge in [0.2, 0.25) is 5.78 Å². The number of rotatable bonds is 11. The number of hydrogen-bond acceptors (Lipinski definition) is 5. The average Bonchev–Trinajstić information content (AvgIpc) is 3.11. The van der Waals surface area contributed by atoms with Crippen LogP contribution in [0.25, 0.3) is 5.76 Å². The van der Waals surface area contributed by atoms with E-state index in [1.165, 1.54) is 29.0 Å². The van der Waals surface area contributed by atoms with Gasteiger partial charge in [0.15, 0.2) is 11.6 Å². The van der Waals surface area contributed by atoms with Crippen molar-refractivity contribution >= 4 is 17.4 Å². The van der Waals surface area contributed by atoms with Crippen LogP contribution in [0.1, 0.15) is 51.3 Å². The summed E-state index contributed by atoms with van der Waals surface area (Å²) in [5.74, 6) is -2.52. The summed E-state index contributed by atoms with van der Waals surface area (Å²) in [7, 11) is 1.50. The number of ether oxygens (including phenoxy) is 2. The lowest BCUT2D eigenvalue weighted by molar-refractivity contribution is -0.896. The highest BCUT2D eigenvalue weighted by molar-refractivity contribution is 6.46. The molecule has 0 aliphatic carbocycles. The van der Waals surface area contributed by atoms with Crippen molar-refractivity contribution in [2.24, 2.45) is 0 Å². The Morgan fingerprint density at radius 2 is 1.81 bits per heavy atom. The van der Waals surface area contributed by atoms with E-state index in [0.717, 1.165) is 25.7 Å². The molecule has 2 aromatic rings. The second kappa shape index (κ2) is 12.0. The third-order valence-electron chi connectivity index (χ3n) is 6.45. The number of methoxy groups -OCH3 is 1. The molecule has 0 aromatic heterocycles. The summed E-state index contributed by atoms with van der Waals surface area (Å²) in [6.07, 6.45) is 0.421. The molecule has 0 saturated carbocycles. The highest BCUT2D eigenvalue weighted by Gasteiger charge is 2.45. The molecule has 1 fully saturated rings. The molecule has 0 bridgehead atoms. The largest absolute Gasteiger partial charge is 0.872 e. The van der Waals surface area contributed by atoms with Gasteiger partial charge < -0.3 is 24.4 Å². The summed E-state index contributed by atoms with van der Waals surface area (Å²) in [5.41, 5.74) is 0.323. The first kappa shape index (κ1) is 27.2. The van der Waals surface area contributed by atoms with Crippen molar-refractivity contribution in [3.63, 3.8) is 0 Å². The van der Waals surface area contributed by atoms with Crippen molar-refractivity contribution in [3.8, 4) is 11.5 Å². The predicted octanol–water partition coefficient (Wildman–Crippen LogP) is 2.16. The van der Waals surface area contributed by atoms with E-state index in [2.05, 4.69) is 13.8 Å². The van der Waals surface area contributed by atoms with Crippen LogP contribution in [-0.4, -0.2) is 56.0 Å².